The molecule has 0 radical (unpaired) electrons. The summed E-state index contributed by atoms with van der Waals surface area (Å²) in [6, 6.07) is 16.2. The van der Waals surface area contributed by atoms with Crippen LogP contribution in [0.4, 0.5) is 5.95 Å². The Morgan fingerprint density at radius 3 is 2.78 bits per heavy atom. The predicted molar refractivity (Wildman–Crippen MR) is 95.0 cm³/mol. The maximum absolute atomic E-state index is 4.45. The van der Waals surface area contributed by atoms with Crippen molar-refractivity contribution in [3.63, 3.8) is 0 Å². The number of aromatic nitrogens is 3. The third-order valence-electron chi connectivity index (χ3n) is 4.20. The number of rotatable bonds is 3. The average molecular weight is 303 g/mol. The molecule has 2 N–H and O–H groups in total. The fraction of sp³-hybridized carbons (Fsp3) is 0.111. The molecule has 5 heteroatoms. The molecule has 0 bridgehead atoms. The van der Waals surface area contributed by atoms with Gasteiger partial charge in [-0.1, -0.05) is 30.3 Å². The molecule has 0 saturated heterocycles. The second kappa shape index (κ2) is 5.28. The van der Waals surface area contributed by atoms with Crippen LogP contribution in [0.5, 0.6) is 0 Å². The summed E-state index contributed by atoms with van der Waals surface area (Å²) in [5, 5.41) is 5.55. The quantitative estimate of drug-likeness (QED) is 0.446. The SMILES string of the molecule is Cc1c(/C=N/Nc2nc3ccccc3[nH]2)c2ccccc2n1C. The van der Waals surface area contributed by atoms with Gasteiger partial charge in [-0.15, -0.1) is 0 Å². The average Bonchev–Trinajstić information content (AvgIpc) is 3.09. The summed E-state index contributed by atoms with van der Waals surface area (Å²) in [5.74, 6) is 0.639. The molecular formula is C18H17N5. The number of anilines is 1. The molecular weight excluding hydrogens is 286 g/mol. The molecule has 23 heavy (non-hydrogen) atoms. The van der Waals surface area contributed by atoms with Crippen LogP contribution < -0.4 is 5.43 Å². The Bertz CT molecular complexity index is 989. The van der Waals surface area contributed by atoms with Crippen LogP contribution in [-0.2, 0) is 7.05 Å². The van der Waals surface area contributed by atoms with E-state index in [0.29, 0.717) is 5.95 Å². The molecule has 2 aromatic carbocycles. The number of hydrogen-bond acceptors (Lipinski definition) is 3. The van der Waals surface area contributed by atoms with Gasteiger partial charge in [-0.05, 0) is 25.1 Å². The molecule has 114 valence electrons. The number of para-hydroxylation sites is 3. The second-order valence-corrected chi connectivity index (χ2v) is 5.55. The standard InChI is InChI=1S/C18H17N5/c1-12-14(13-7-3-6-10-17(13)23(12)2)11-19-22-18-20-15-8-4-5-9-16(15)21-18/h3-11H,1-2H3,(H2,20,21,22)/b19-11+. The van der Waals surface area contributed by atoms with E-state index in [1.54, 1.807) is 0 Å². The highest BCUT2D eigenvalue weighted by molar-refractivity contribution is 6.01. The summed E-state index contributed by atoms with van der Waals surface area (Å²) in [7, 11) is 2.07. The van der Waals surface area contributed by atoms with Crippen molar-refractivity contribution in [2.75, 3.05) is 5.43 Å². The van der Waals surface area contributed by atoms with Gasteiger partial charge >= 0.3 is 0 Å². The fourth-order valence-corrected chi connectivity index (χ4v) is 2.88. The first-order valence-corrected chi connectivity index (χ1v) is 7.52. The number of hydrogen-bond donors (Lipinski definition) is 2. The lowest BCUT2D eigenvalue weighted by atomic mass is 10.1. The van der Waals surface area contributed by atoms with Crippen LogP contribution in [-0.4, -0.2) is 20.7 Å². The smallest absolute Gasteiger partial charge is 0.222 e. The van der Waals surface area contributed by atoms with Gasteiger partial charge in [0.05, 0.1) is 17.2 Å². The molecule has 2 aromatic heterocycles. The van der Waals surface area contributed by atoms with Crippen molar-refractivity contribution >= 4 is 34.1 Å². The van der Waals surface area contributed by atoms with Crippen LogP contribution in [0.1, 0.15) is 11.3 Å². The van der Waals surface area contributed by atoms with Gasteiger partial charge in [0.15, 0.2) is 0 Å². The van der Waals surface area contributed by atoms with Crippen molar-refractivity contribution in [2.45, 2.75) is 6.92 Å². The maximum Gasteiger partial charge on any atom is 0.222 e. The molecule has 2 heterocycles. The molecule has 0 unspecified atom stereocenters. The number of nitrogens with zero attached hydrogens (tertiary/aromatic N) is 3. The molecule has 4 aromatic rings. The Morgan fingerprint density at radius 2 is 1.91 bits per heavy atom. The first-order valence-electron chi connectivity index (χ1n) is 7.52. The minimum absolute atomic E-state index is 0.639. The van der Waals surface area contributed by atoms with E-state index in [-0.39, 0.29) is 0 Å². The molecule has 0 fully saturated rings. The number of benzene rings is 2. The molecule has 4 rings (SSSR count). The summed E-state index contributed by atoms with van der Waals surface area (Å²) in [6.07, 6.45) is 1.85. The van der Waals surface area contributed by atoms with E-state index in [1.807, 2.05) is 36.5 Å². The fourth-order valence-electron chi connectivity index (χ4n) is 2.88. The van der Waals surface area contributed by atoms with Crippen LogP contribution in [0, 0.1) is 6.92 Å². The Kier molecular flexibility index (Phi) is 3.12. The largest absolute Gasteiger partial charge is 0.347 e. The molecule has 0 atom stereocenters. The van der Waals surface area contributed by atoms with Crippen LogP contribution in [0.15, 0.2) is 53.6 Å². The van der Waals surface area contributed by atoms with Crippen molar-refractivity contribution in [1.29, 1.82) is 0 Å². The molecule has 0 amide bonds. The van der Waals surface area contributed by atoms with E-state index in [4.69, 9.17) is 0 Å². The van der Waals surface area contributed by atoms with E-state index in [2.05, 4.69) is 57.2 Å². The highest BCUT2D eigenvalue weighted by Gasteiger charge is 2.09. The third kappa shape index (κ3) is 2.26. The minimum atomic E-state index is 0.639. The second-order valence-electron chi connectivity index (χ2n) is 5.55. The lowest BCUT2D eigenvalue weighted by Crippen LogP contribution is -1.95. The van der Waals surface area contributed by atoms with Gasteiger partial charge in [0, 0.05) is 29.2 Å². The van der Waals surface area contributed by atoms with E-state index >= 15 is 0 Å². The summed E-state index contributed by atoms with van der Waals surface area (Å²) in [4.78, 5) is 7.65. The third-order valence-corrected chi connectivity index (χ3v) is 4.20. The normalized spacial score (nSPS) is 11.7. The van der Waals surface area contributed by atoms with Crippen molar-refractivity contribution in [3.8, 4) is 0 Å². The highest BCUT2D eigenvalue weighted by atomic mass is 15.3. The first kappa shape index (κ1) is 13.6. The topological polar surface area (TPSA) is 58.0 Å². The Hall–Kier alpha value is -3.08. The van der Waals surface area contributed by atoms with E-state index in [1.165, 1.54) is 16.6 Å². The van der Waals surface area contributed by atoms with E-state index in [9.17, 15) is 0 Å². The van der Waals surface area contributed by atoms with Crippen molar-refractivity contribution in [2.24, 2.45) is 12.1 Å². The Morgan fingerprint density at radius 1 is 1.13 bits per heavy atom. The Balaban J connectivity index is 1.65. The lowest BCUT2D eigenvalue weighted by molar-refractivity contribution is 0.916. The van der Waals surface area contributed by atoms with Gasteiger partial charge in [0.1, 0.15) is 0 Å². The number of aromatic amines is 1. The van der Waals surface area contributed by atoms with Gasteiger partial charge in [-0.3, -0.25) is 0 Å². The number of H-pyrrole nitrogens is 1. The predicted octanol–water partition coefficient (Wildman–Crippen LogP) is 3.81. The van der Waals surface area contributed by atoms with Gasteiger partial charge in [-0.25, -0.2) is 10.4 Å². The van der Waals surface area contributed by atoms with Crippen LogP contribution in [0.2, 0.25) is 0 Å². The monoisotopic (exact) mass is 303 g/mol. The first-order chi connectivity index (χ1) is 11.2. The number of hydrazone groups is 1. The molecule has 0 aliphatic rings. The van der Waals surface area contributed by atoms with Crippen LogP contribution in [0.25, 0.3) is 21.9 Å². The molecule has 5 nitrogen and oxygen atoms in total. The lowest BCUT2D eigenvalue weighted by Gasteiger charge is -1.97. The van der Waals surface area contributed by atoms with Crippen molar-refractivity contribution < 1.29 is 0 Å². The minimum Gasteiger partial charge on any atom is -0.347 e. The molecule has 0 aliphatic carbocycles. The summed E-state index contributed by atoms with van der Waals surface area (Å²) in [5.41, 5.74) is 8.40. The van der Waals surface area contributed by atoms with Crippen molar-refractivity contribution in [3.05, 3.63) is 59.8 Å². The number of imidazole rings is 1. The Labute approximate surface area is 133 Å². The number of nitrogens with one attached hydrogen (secondary N) is 2. The zero-order valence-electron chi connectivity index (χ0n) is 13.0. The van der Waals surface area contributed by atoms with Gasteiger partial charge in [-0.2, -0.15) is 5.10 Å². The summed E-state index contributed by atoms with van der Waals surface area (Å²) >= 11 is 0. The number of fused-ring (bicyclic) bond motifs is 2. The van der Waals surface area contributed by atoms with E-state index in [0.717, 1.165) is 16.6 Å². The van der Waals surface area contributed by atoms with Crippen LogP contribution >= 0.6 is 0 Å². The zero-order valence-corrected chi connectivity index (χ0v) is 13.0. The molecule has 0 aliphatic heterocycles. The number of aryl methyl sites for hydroxylation is 1. The summed E-state index contributed by atoms with van der Waals surface area (Å²) in [6.45, 7) is 2.10. The van der Waals surface area contributed by atoms with Gasteiger partial charge in [0.2, 0.25) is 5.95 Å². The molecule has 0 saturated carbocycles. The molecule has 0 spiro atoms. The van der Waals surface area contributed by atoms with Crippen molar-refractivity contribution in [1.82, 2.24) is 14.5 Å². The van der Waals surface area contributed by atoms with Crippen LogP contribution in [0.3, 0.4) is 0 Å². The highest BCUT2D eigenvalue weighted by Crippen LogP contribution is 2.23. The summed E-state index contributed by atoms with van der Waals surface area (Å²) < 4.78 is 2.18. The maximum atomic E-state index is 4.45. The van der Waals surface area contributed by atoms with E-state index < -0.39 is 0 Å². The van der Waals surface area contributed by atoms with Gasteiger partial charge in [0.25, 0.3) is 0 Å². The zero-order chi connectivity index (χ0) is 15.8. The van der Waals surface area contributed by atoms with Gasteiger partial charge < -0.3 is 9.55 Å².